The van der Waals surface area contributed by atoms with Gasteiger partial charge >= 0.3 is 0 Å². The normalized spacial score (nSPS) is 11.4. The molecule has 43 heavy (non-hydrogen) atoms. The molecule has 0 spiro atoms. The lowest BCUT2D eigenvalue weighted by molar-refractivity contribution is 0.669. The second kappa shape index (κ2) is 10.5. The first-order valence-corrected chi connectivity index (χ1v) is 14.7. The number of halogens is 1. The molecule has 0 atom stereocenters. The highest BCUT2D eigenvalue weighted by molar-refractivity contribution is 6.32. The van der Waals surface area contributed by atoms with E-state index in [4.69, 9.17) is 16.0 Å². The Hall–Kier alpha value is -5.31. The molecule has 3 heteroatoms. The number of para-hydroxylation sites is 1. The van der Waals surface area contributed by atoms with Gasteiger partial charge in [0.1, 0.15) is 11.2 Å². The van der Waals surface area contributed by atoms with Crippen LogP contribution >= 0.6 is 11.6 Å². The molecule has 2 nitrogen and oxygen atoms in total. The van der Waals surface area contributed by atoms with Gasteiger partial charge in [0.05, 0.1) is 11.1 Å². The van der Waals surface area contributed by atoms with Crippen LogP contribution in [0.25, 0.3) is 55.0 Å². The second-order valence-electron chi connectivity index (χ2n) is 10.8. The van der Waals surface area contributed by atoms with Crippen molar-refractivity contribution in [3.05, 3.63) is 163 Å². The van der Waals surface area contributed by atoms with E-state index >= 15 is 0 Å². The van der Waals surface area contributed by atoms with E-state index in [9.17, 15) is 0 Å². The zero-order valence-corrected chi connectivity index (χ0v) is 24.0. The van der Waals surface area contributed by atoms with E-state index < -0.39 is 0 Å². The monoisotopic (exact) mass is 571 g/mol. The lowest BCUT2D eigenvalue weighted by Gasteiger charge is -2.26. The number of benzene rings is 7. The van der Waals surface area contributed by atoms with Crippen LogP contribution in [-0.4, -0.2) is 0 Å². The van der Waals surface area contributed by atoms with Crippen LogP contribution in [0.15, 0.2) is 162 Å². The Morgan fingerprint density at radius 3 is 1.74 bits per heavy atom. The minimum atomic E-state index is 0.626. The molecule has 0 fully saturated rings. The molecule has 0 bridgehead atoms. The maximum Gasteiger partial charge on any atom is 0.139 e. The summed E-state index contributed by atoms with van der Waals surface area (Å²) in [5, 5.41) is 5.05. The van der Waals surface area contributed by atoms with Gasteiger partial charge in [-0.3, -0.25) is 0 Å². The van der Waals surface area contributed by atoms with Gasteiger partial charge in [-0.1, -0.05) is 115 Å². The number of furan rings is 1. The van der Waals surface area contributed by atoms with Gasteiger partial charge < -0.3 is 9.32 Å². The van der Waals surface area contributed by atoms with E-state index in [0.717, 1.165) is 50.0 Å². The summed E-state index contributed by atoms with van der Waals surface area (Å²) in [6, 6.07) is 55.0. The van der Waals surface area contributed by atoms with Crippen LogP contribution in [0, 0.1) is 0 Å². The maximum absolute atomic E-state index is 6.76. The fourth-order valence-electron chi connectivity index (χ4n) is 6.03. The quantitative estimate of drug-likeness (QED) is 0.204. The molecule has 1 heterocycles. The number of rotatable bonds is 5. The minimum absolute atomic E-state index is 0.626. The molecular formula is C40H26ClNO. The Morgan fingerprint density at radius 1 is 0.442 bits per heavy atom. The lowest BCUT2D eigenvalue weighted by atomic mass is 9.99. The molecule has 0 aliphatic carbocycles. The van der Waals surface area contributed by atoms with Crippen LogP contribution in [-0.2, 0) is 0 Å². The average molecular weight is 572 g/mol. The van der Waals surface area contributed by atoms with Crippen molar-refractivity contribution in [1.82, 2.24) is 0 Å². The molecule has 0 aliphatic heterocycles. The molecule has 8 aromatic rings. The van der Waals surface area contributed by atoms with Crippen LogP contribution < -0.4 is 4.90 Å². The molecule has 0 radical (unpaired) electrons. The van der Waals surface area contributed by atoms with Crippen molar-refractivity contribution in [2.75, 3.05) is 4.90 Å². The number of anilines is 3. The molecule has 0 amide bonds. The number of hydrogen-bond acceptors (Lipinski definition) is 2. The van der Waals surface area contributed by atoms with Crippen LogP contribution in [0.3, 0.4) is 0 Å². The maximum atomic E-state index is 6.76. The standard InChI is InChI=1S/C40H26ClNO/c41-33-25-37(40-36-23-31-12-7-8-13-32(31)24-38(36)43-39(40)26-33)42(34-16-5-2-6-17-34)35-20-18-28(19-21-35)30-15-9-14-29(22-30)27-10-3-1-4-11-27/h1-26H. The van der Waals surface area contributed by atoms with Crippen molar-refractivity contribution in [2.45, 2.75) is 0 Å². The largest absolute Gasteiger partial charge is 0.456 e. The van der Waals surface area contributed by atoms with Gasteiger partial charge in [0, 0.05) is 27.8 Å². The molecule has 1 aromatic heterocycles. The SMILES string of the molecule is Clc1cc(N(c2ccccc2)c2ccc(-c3cccc(-c4ccccc4)c3)cc2)c2c(c1)oc1cc3ccccc3cc12. The van der Waals surface area contributed by atoms with Crippen molar-refractivity contribution in [3.63, 3.8) is 0 Å². The highest BCUT2D eigenvalue weighted by atomic mass is 35.5. The predicted molar refractivity (Wildman–Crippen MR) is 182 cm³/mol. The van der Waals surface area contributed by atoms with Gasteiger partial charge in [0.15, 0.2) is 0 Å². The Kier molecular flexibility index (Phi) is 6.21. The van der Waals surface area contributed by atoms with Crippen LogP contribution in [0.5, 0.6) is 0 Å². The first-order valence-electron chi connectivity index (χ1n) is 14.4. The van der Waals surface area contributed by atoms with Gasteiger partial charge in [0.2, 0.25) is 0 Å². The summed E-state index contributed by atoms with van der Waals surface area (Å²) in [5.74, 6) is 0. The lowest BCUT2D eigenvalue weighted by Crippen LogP contribution is -2.10. The third-order valence-corrected chi connectivity index (χ3v) is 8.29. The molecule has 0 N–H and O–H groups in total. The summed E-state index contributed by atoms with van der Waals surface area (Å²) in [6.45, 7) is 0. The van der Waals surface area contributed by atoms with Crippen molar-refractivity contribution in [1.29, 1.82) is 0 Å². The van der Waals surface area contributed by atoms with E-state index in [1.54, 1.807) is 0 Å². The van der Waals surface area contributed by atoms with Gasteiger partial charge in [-0.2, -0.15) is 0 Å². The Balaban J connectivity index is 1.29. The van der Waals surface area contributed by atoms with Crippen LogP contribution in [0.4, 0.5) is 17.1 Å². The summed E-state index contributed by atoms with van der Waals surface area (Å²) in [7, 11) is 0. The summed E-state index contributed by atoms with van der Waals surface area (Å²) >= 11 is 6.76. The van der Waals surface area contributed by atoms with Gasteiger partial charge in [-0.05, 0) is 81.6 Å². The number of nitrogens with zero attached hydrogens (tertiary/aromatic N) is 1. The zero-order chi connectivity index (χ0) is 28.8. The zero-order valence-electron chi connectivity index (χ0n) is 23.2. The highest BCUT2D eigenvalue weighted by Gasteiger charge is 2.21. The first-order chi connectivity index (χ1) is 21.2. The molecule has 0 aliphatic rings. The minimum Gasteiger partial charge on any atom is -0.456 e. The van der Waals surface area contributed by atoms with Gasteiger partial charge in [-0.25, -0.2) is 0 Å². The fourth-order valence-corrected chi connectivity index (χ4v) is 6.23. The van der Waals surface area contributed by atoms with E-state index in [1.807, 2.05) is 24.3 Å². The molecule has 0 saturated carbocycles. The molecular weight excluding hydrogens is 546 g/mol. The van der Waals surface area contributed by atoms with Crippen LogP contribution in [0.1, 0.15) is 0 Å². The van der Waals surface area contributed by atoms with Gasteiger partial charge in [0.25, 0.3) is 0 Å². The van der Waals surface area contributed by atoms with E-state index in [-0.39, 0.29) is 0 Å². The van der Waals surface area contributed by atoms with Gasteiger partial charge in [-0.15, -0.1) is 0 Å². The Labute approximate surface area is 255 Å². The number of hydrogen-bond donors (Lipinski definition) is 0. The third kappa shape index (κ3) is 4.63. The smallest absolute Gasteiger partial charge is 0.139 e. The fraction of sp³-hybridized carbons (Fsp3) is 0. The highest BCUT2D eigenvalue weighted by Crippen LogP contribution is 2.45. The molecule has 8 rings (SSSR count). The van der Waals surface area contributed by atoms with Crippen molar-refractivity contribution in [2.24, 2.45) is 0 Å². The summed E-state index contributed by atoms with van der Waals surface area (Å²) in [6.07, 6.45) is 0. The topological polar surface area (TPSA) is 16.4 Å². The predicted octanol–water partition coefficient (Wildman–Crippen LogP) is 12.2. The van der Waals surface area contributed by atoms with Crippen molar-refractivity contribution in [3.8, 4) is 22.3 Å². The van der Waals surface area contributed by atoms with Crippen molar-refractivity contribution >= 4 is 61.4 Å². The third-order valence-electron chi connectivity index (χ3n) is 8.07. The second-order valence-corrected chi connectivity index (χ2v) is 11.2. The summed E-state index contributed by atoms with van der Waals surface area (Å²) in [4.78, 5) is 2.27. The van der Waals surface area contributed by atoms with E-state index in [0.29, 0.717) is 5.02 Å². The molecule has 7 aromatic carbocycles. The Bertz CT molecular complexity index is 2240. The van der Waals surface area contributed by atoms with Crippen molar-refractivity contribution < 1.29 is 4.42 Å². The summed E-state index contributed by atoms with van der Waals surface area (Å²) < 4.78 is 6.42. The Morgan fingerprint density at radius 2 is 1.02 bits per heavy atom. The van der Waals surface area contributed by atoms with Crippen LogP contribution in [0.2, 0.25) is 5.02 Å². The van der Waals surface area contributed by atoms with E-state index in [1.165, 1.54) is 22.1 Å². The summed E-state index contributed by atoms with van der Waals surface area (Å²) in [5.41, 5.74) is 9.41. The molecule has 204 valence electrons. The van der Waals surface area contributed by atoms with E-state index in [2.05, 4.69) is 138 Å². The molecule has 0 saturated heterocycles. The average Bonchev–Trinajstić information content (AvgIpc) is 3.42. The molecule has 0 unspecified atom stereocenters. The first kappa shape index (κ1) is 25.4. The number of fused-ring (bicyclic) bond motifs is 4.